The first-order valence-electron chi connectivity index (χ1n) is 4.31. The Balaban J connectivity index is 2.80. The molecule has 0 aromatic carbocycles. The van der Waals surface area contributed by atoms with Gasteiger partial charge in [0.15, 0.2) is 0 Å². The van der Waals surface area contributed by atoms with Crippen LogP contribution in [0.3, 0.4) is 0 Å². The Morgan fingerprint density at radius 1 is 1.46 bits per heavy atom. The van der Waals surface area contributed by atoms with Crippen LogP contribution in [0.15, 0.2) is 22.9 Å². The van der Waals surface area contributed by atoms with E-state index in [2.05, 4.69) is 18.8 Å². The monoisotopic (exact) mass is 176 g/mol. The van der Waals surface area contributed by atoms with E-state index >= 15 is 0 Å². The highest BCUT2D eigenvalue weighted by Crippen LogP contribution is 2.29. The lowest BCUT2D eigenvalue weighted by molar-refractivity contribution is 0.604. The number of anilines is 1. The minimum atomic E-state index is 0.436. The Kier molecular flexibility index (Phi) is 1.72. The van der Waals surface area contributed by atoms with Crippen LogP contribution in [0.4, 0.5) is 5.69 Å². The van der Waals surface area contributed by atoms with E-state index in [0.717, 1.165) is 5.39 Å². The van der Waals surface area contributed by atoms with Gasteiger partial charge in [-0.2, -0.15) is 0 Å². The molecule has 0 saturated heterocycles. The van der Waals surface area contributed by atoms with Gasteiger partial charge in [0.2, 0.25) is 5.71 Å². The second kappa shape index (κ2) is 2.76. The summed E-state index contributed by atoms with van der Waals surface area (Å²) < 4.78 is 5.20. The zero-order chi connectivity index (χ0) is 9.42. The Morgan fingerprint density at radius 2 is 2.23 bits per heavy atom. The Labute approximate surface area is 76.6 Å². The largest absolute Gasteiger partial charge is 0.444 e. The van der Waals surface area contributed by atoms with Crippen molar-refractivity contribution in [2.24, 2.45) is 0 Å². The van der Waals surface area contributed by atoms with Gasteiger partial charge >= 0.3 is 0 Å². The molecule has 13 heavy (non-hydrogen) atoms. The summed E-state index contributed by atoms with van der Waals surface area (Å²) in [6, 6.07) is 1.98. The van der Waals surface area contributed by atoms with E-state index in [4.69, 9.17) is 10.2 Å². The van der Waals surface area contributed by atoms with Crippen molar-refractivity contribution in [1.29, 1.82) is 0 Å². The number of fused-ring (bicyclic) bond motifs is 1. The number of hydrogen-bond acceptors (Lipinski definition) is 3. The average Bonchev–Trinajstić information content (AvgIpc) is 2.48. The Hall–Kier alpha value is -1.51. The molecule has 0 fully saturated rings. The van der Waals surface area contributed by atoms with Gasteiger partial charge in [-0.05, 0) is 17.5 Å². The molecule has 2 aromatic heterocycles. The fourth-order valence-electron chi connectivity index (χ4n) is 1.50. The highest BCUT2D eigenvalue weighted by molar-refractivity contribution is 5.90. The maximum atomic E-state index is 5.78. The van der Waals surface area contributed by atoms with Gasteiger partial charge in [-0.25, -0.2) is 4.98 Å². The maximum Gasteiger partial charge on any atom is 0.228 e. The van der Waals surface area contributed by atoms with Gasteiger partial charge in [-0.1, -0.05) is 13.8 Å². The third kappa shape index (κ3) is 1.16. The Morgan fingerprint density at radius 3 is 2.92 bits per heavy atom. The smallest absolute Gasteiger partial charge is 0.228 e. The zero-order valence-electron chi connectivity index (χ0n) is 7.74. The molecule has 0 aliphatic carbocycles. The van der Waals surface area contributed by atoms with Gasteiger partial charge in [0.05, 0.1) is 11.1 Å². The van der Waals surface area contributed by atoms with Crippen molar-refractivity contribution in [3.63, 3.8) is 0 Å². The number of nitrogens with zero attached hydrogens (tertiary/aromatic N) is 1. The van der Waals surface area contributed by atoms with E-state index in [-0.39, 0.29) is 0 Å². The molecule has 0 amide bonds. The SMILES string of the molecule is CC(C)c1ccnc2occ(N)c12. The number of hydrogen-bond donors (Lipinski definition) is 1. The van der Waals surface area contributed by atoms with E-state index in [9.17, 15) is 0 Å². The van der Waals surface area contributed by atoms with Crippen molar-refractivity contribution < 1.29 is 4.42 Å². The third-order valence-corrected chi connectivity index (χ3v) is 2.16. The summed E-state index contributed by atoms with van der Waals surface area (Å²) in [6.45, 7) is 4.25. The molecule has 3 nitrogen and oxygen atoms in total. The molecule has 0 unspecified atom stereocenters. The van der Waals surface area contributed by atoms with Crippen LogP contribution in [0.2, 0.25) is 0 Å². The number of aromatic nitrogens is 1. The molecule has 0 aliphatic rings. The van der Waals surface area contributed by atoms with E-state index in [1.165, 1.54) is 5.56 Å². The predicted octanol–water partition coefficient (Wildman–Crippen LogP) is 2.53. The molecule has 3 heteroatoms. The van der Waals surface area contributed by atoms with Crippen LogP contribution in [-0.2, 0) is 0 Å². The molecule has 0 saturated carbocycles. The molecule has 0 radical (unpaired) electrons. The molecular weight excluding hydrogens is 164 g/mol. The lowest BCUT2D eigenvalue weighted by Gasteiger charge is -2.05. The second-order valence-electron chi connectivity index (χ2n) is 3.43. The van der Waals surface area contributed by atoms with Crippen molar-refractivity contribution in [1.82, 2.24) is 4.98 Å². The first-order valence-corrected chi connectivity index (χ1v) is 4.31. The van der Waals surface area contributed by atoms with Crippen LogP contribution in [0.25, 0.3) is 11.1 Å². The molecule has 2 N–H and O–H groups in total. The molecule has 0 atom stereocenters. The molecular formula is C10H12N2O. The summed E-state index contributed by atoms with van der Waals surface area (Å²) in [5, 5.41) is 0.956. The van der Waals surface area contributed by atoms with E-state index in [0.29, 0.717) is 17.3 Å². The first-order chi connectivity index (χ1) is 6.20. The normalized spacial score (nSPS) is 11.3. The van der Waals surface area contributed by atoms with Crippen LogP contribution in [-0.4, -0.2) is 4.98 Å². The third-order valence-electron chi connectivity index (χ3n) is 2.16. The van der Waals surface area contributed by atoms with E-state index < -0.39 is 0 Å². The molecule has 68 valence electrons. The summed E-state index contributed by atoms with van der Waals surface area (Å²) >= 11 is 0. The zero-order valence-corrected chi connectivity index (χ0v) is 7.74. The molecule has 0 bridgehead atoms. The van der Waals surface area contributed by atoms with Gasteiger partial charge in [-0.15, -0.1) is 0 Å². The average molecular weight is 176 g/mol. The highest BCUT2D eigenvalue weighted by atomic mass is 16.3. The van der Waals surface area contributed by atoms with Crippen molar-refractivity contribution >= 4 is 16.8 Å². The molecule has 2 rings (SSSR count). The molecule has 0 spiro atoms. The van der Waals surface area contributed by atoms with Crippen LogP contribution in [0.1, 0.15) is 25.3 Å². The maximum absolute atomic E-state index is 5.78. The van der Waals surface area contributed by atoms with Crippen LogP contribution in [0.5, 0.6) is 0 Å². The second-order valence-corrected chi connectivity index (χ2v) is 3.43. The number of rotatable bonds is 1. The number of furan rings is 1. The number of nitrogen functional groups attached to an aromatic ring is 1. The first kappa shape index (κ1) is 8.10. The molecule has 2 aromatic rings. The van der Waals surface area contributed by atoms with Crippen LogP contribution >= 0.6 is 0 Å². The summed E-state index contributed by atoms with van der Waals surface area (Å²) in [4.78, 5) is 4.10. The van der Waals surface area contributed by atoms with E-state index in [1.807, 2.05) is 6.07 Å². The van der Waals surface area contributed by atoms with Crippen molar-refractivity contribution in [3.8, 4) is 0 Å². The standard InChI is InChI=1S/C10H12N2O/c1-6(2)7-3-4-12-10-9(7)8(11)5-13-10/h3-6H,11H2,1-2H3. The van der Waals surface area contributed by atoms with Gasteiger partial charge in [0.25, 0.3) is 0 Å². The summed E-state index contributed by atoms with van der Waals surface area (Å²) in [7, 11) is 0. The van der Waals surface area contributed by atoms with Gasteiger partial charge in [0, 0.05) is 6.20 Å². The van der Waals surface area contributed by atoms with Crippen LogP contribution < -0.4 is 5.73 Å². The van der Waals surface area contributed by atoms with Crippen molar-refractivity contribution in [2.75, 3.05) is 5.73 Å². The fraction of sp³-hybridized carbons (Fsp3) is 0.300. The summed E-state index contributed by atoms with van der Waals surface area (Å²) in [5.41, 5.74) is 8.27. The lowest BCUT2D eigenvalue weighted by atomic mass is 10.0. The number of nitrogens with two attached hydrogens (primary N) is 1. The van der Waals surface area contributed by atoms with Crippen LogP contribution in [0, 0.1) is 0 Å². The molecule has 2 heterocycles. The minimum absolute atomic E-state index is 0.436. The number of pyridine rings is 1. The lowest BCUT2D eigenvalue weighted by Crippen LogP contribution is -1.91. The van der Waals surface area contributed by atoms with Gasteiger partial charge in [0.1, 0.15) is 6.26 Å². The minimum Gasteiger partial charge on any atom is -0.444 e. The van der Waals surface area contributed by atoms with Crippen molar-refractivity contribution in [2.45, 2.75) is 19.8 Å². The van der Waals surface area contributed by atoms with E-state index in [1.54, 1.807) is 12.5 Å². The predicted molar refractivity (Wildman–Crippen MR) is 52.5 cm³/mol. The quantitative estimate of drug-likeness (QED) is 0.726. The van der Waals surface area contributed by atoms with Gasteiger partial charge < -0.3 is 10.2 Å². The summed E-state index contributed by atoms with van der Waals surface area (Å²) in [6.07, 6.45) is 3.30. The topological polar surface area (TPSA) is 52.0 Å². The Bertz CT molecular complexity index is 431. The van der Waals surface area contributed by atoms with Gasteiger partial charge in [-0.3, -0.25) is 0 Å². The van der Waals surface area contributed by atoms with Crippen molar-refractivity contribution in [3.05, 3.63) is 24.1 Å². The highest BCUT2D eigenvalue weighted by Gasteiger charge is 2.11. The fourth-order valence-corrected chi connectivity index (χ4v) is 1.50. The summed E-state index contributed by atoms with van der Waals surface area (Å²) in [5.74, 6) is 0.436. The molecule has 0 aliphatic heterocycles.